The molecule has 1 amide bonds. The lowest BCUT2D eigenvalue weighted by atomic mass is 10.0. The van der Waals surface area contributed by atoms with Crippen LogP contribution in [0.2, 0.25) is 0 Å². The number of carbonyl (C=O) groups excluding carboxylic acids is 1. The maximum absolute atomic E-state index is 12.2. The fraction of sp³-hybridized carbons (Fsp3) is 0.692. The Morgan fingerprint density at radius 2 is 2.21 bits per heavy atom. The molecule has 106 valence electrons. The number of amides is 1. The molecule has 0 saturated carbocycles. The van der Waals surface area contributed by atoms with Crippen molar-refractivity contribution in [3.63, 3.8) is 0 Å². The molecule has 2 rings (SSSR count). The van der Waals surface area contributed by atoms with Gasteiger partial charge < -0.3 is 15.5 Å². The van der Waals surface area contributed by atoms with Crippen LogP contribution >= 0.6 is 11.3 Å². The molecule has 1 atom stereocenters. The van der Waals surface area contributed by atoms with Gasteiger partial charge in [-0.05, 0) is 12.5 Å². The van der Waals surface area contributed by atoms with Gasteiger partial charge in [0.1, 0.15) is 0 Å². The Bertz CT molecular complexity index is 383. The van der Waals surface area contributed by atoms with Gasteiger partial charge in [-0.25, -0.2) is 4.98 Å². The molecule has 0 bridgehead atoms. The summed E-state index contributed by atoms with van der Waals surface area (Å²) in [6.45, 7) is 6.02. The van der Waals surface area contributed by atoms with Gasteiger partial charge in [0.15, 0.2) is 5.13 Å². The first-order chi connectivity index (χ1) is 9.24. The highest BCUT2D eigenvalue weighted by atomic mass is 32.1. The van der Waals surface area contributed by atoms with E-state index in [1.165, 1.54) is 0 Å². The summed E-state index contributed by atoms with van der Waals surface area (Å²) in [6, 6.07) is 0. The molecule has 6 heteroatoms. The molecule has 1 aromatic rings. The summed E-state index contributed by atoms with van der Waals surface area (Å²) in [5.41, 5.74) is 5.66. The van der Waals surface area contributed by atoms with Crippen molar-refractivity contribution in [2.75, 3.05) is 37.6 Å². The second-order valence-electron chi connectivity index (χ2n) is 4.90. The third kappa shape index (κ3) is 3.67. The van der Waals surface area contributed by atoms with Gasteiger partial charge in [-0.2, -0.15) is 0 Å². The lowest BCUT2D eigenvalue weighted by molar-refractivity contribution is -0.132. The van der Waals surface area contributed by atoms with Crippen LogP contribution in [0.5, 0.6) is 0 Å². The highest BCUT2D eigenvalue weighted by molar-refractivity contribution is 7.13. The second-order valence-corrected chi connectivity index (χ2v) is 5.77. The van der Waals surface area contributed by atoms with Crippen LogP contribution in [0.3, 0.4) is 0 Å². The third-order valence-corrected chi connectivity index (χ3v) is 4.53. The predicted octanol–water partition coefficient (Wildman–Crippen LogP) is 1.17. The molecule has 5 nitrogen and oxygen atoms in total. The zero-order valence-corrected chi connectivity index (χ0v) is 12.2. The Hall–Kier alpha value is -1.14. The summed E-state index contributed by atoms with van der Waals surface area (Å²) >= 11 is 1.65. The number of anilines is 1. The van der Waals surface area contributed by atoms with Crippen LogP contribution in [0.25, 0.3) is 0 Å². The maximum atomic E-state index is 12.2. The number of hydrogen-bond acceptors (Lipinski definition) is 5. The van der Waals surface area contributed by atoms with E-state index < -0.39 is 0 Å². The SMILES string of the molecule is CCC(CN)CC(=O)N1CCN(c2nccs2)CC1. The number of aromatic nitrogens is 1. The van der Waals surface area contributed by atoms with Crippen LogP contribution in [-0.2, 0) is 4.79 Å². The molecule has 2 N–H and O–H groups in total. The van der Waals surface area contributed by atoms with Crippen molar-refractivity contribution in [3.05, 3.63) is 11.6 Å². The van der Waals surface area contributed by atoms with Crippen LogP contribution in [-0.4, -0.2) is 48.5 Å². The van der Waals surface area contributed by atoms with Gasteiger partial charge in [0, 0.05) is 44.2 Å². The standard InChI is InChI=1S/C13H22N4OS/c1-2-11(10-14)9-12(18)16-4-6-17(7-5-16)13-15-3-8-19-13/h3,8,11H,2,4-7,9-10,14H2,1H3. The van der Waals surface area contributed by atoms with E-state index in [9.17, 15) is 4.79 Å². The molecule has 0 spiro atoms. The van der Waals surface area contributed by atoms with Gasteiger partial charge in [-0.1, -0.05) is 13.3 Å². The molecule has 0 radical (unpaired) electrons. The minimum Gasteiger partial charge on any atom is -0.345 e. The Kier molecular flexibility index (Phi) is 5.15. The van der Waals surface area contributed by atoms with Gasteiger partial charge in [0.2, 0.25) is 5.91 Å². The highest BCUT2D eigenvalue weighted by Crippen LogP contribution is 2.19. The minimum atomic E-state index is 0.246. The molecule has 1 aliphatic heterocycles. The quantitative estimate of drug-likeness (QED) is 0.880. The summed E-state index contributed by atoms with van der Waals surface area (Å²) in [7, 11) is 0. The fourth-order valence-corrected chi connectivity index (χ4v) is 2.99. The normalized spacial score (nSPS) is 17.6. The maximum Gasteiger partial charge on any atom is 0.223 e. The molecule has 0 aliphatic carbocycles. The number of piperazine rings is 1. The number of carbonyl (C=O) groups is 1. The first-order valence-electron chi connectivity index (χ1n) is 6.86. The zero-order chi connectivity index (χ0) is 13.7. The molecule has 1 aromatic heterocycles. The van der Waals surface area contributed by atoms with Crippen molar-refractivity contribution in [2.45, 2.75) is 19.8 Å². The molecule has 1 aliphatic rings. The number of hydrogen-bond donors (Lipinski definition) is 1. The highest BCUT2D eigenvalue weighted by Gasteiger charge is 2.23. The van der Waals surface area contributed by atoms with E-state index in [2.05, 4.69) is 16.8 Å². The average Bonchev–Trinajstić information content (AvgIpc) is 2.99. The monoisotopic (exact) mass is 282 g/mol. The van der Waals surface area contributed by atoms with Crippen molar-refractivity contribution in [3.8, 4) is 0 Å². The van der Waals surface area contributed by atoms with Gasteiger partial charge in [-0.3, -0.25) is 4.79 Å². The molecule has 1 fully saturated rings. The van der Waals surface area contributed by atoms with E-state index in [1.807, 2.05) is 16.5 Å². The number of rotatable bonds is 5. The first kappa shape index (κ1) is 14.3. The molecule has 0 aromatic carbocycles. The summed E-state index contributed by atoms with van der Waals surface area (Å²) < 4.78 is 0. The van der Waals surface area contributed by atoms with Gasteiger partial charge in [-0.15, -0.1) is 11.3 Å². The van der Waals surface area contributed by atoms with Crippen LogP contribution in [0.4, 0.5) is 5.13 Å². The lowest BCUT2D eigenvalue weighted by Gasteiger charge is -2.35. The van der Waals surface area contributed by atoms with Crippen molar-refractivity contribution < 1.29 is 4.79 Å². The fourth-order valence-electron chi connectivity index (χ4n) is 2.29. The molecule has 1 saturated heterocycles. The van der Waals surface area contributed by atoms with E-state index in [0.29, 0.717) is 18.9 Å². The van der Waals surface area contributed by atoms with E-state index >= 15 is 0 Å². The van der Waals surface area contributed by atoms with Crippen molar-refractivity contribution in [1.29, 1.82) is 0 Å². The zero-order valence-electron chi connectivity index (χ0n) is 11.4. The summed E-state index contributed by atoms with van der Waals surface area (Å²) in [4.78, 5) is 20.7. The first-order valence-corrected chi connectivity index (χ1v) is 7.74. The van der Waals surface area contributed by atoms with E-state index in [4.69, 9.17) is 5.73 Å². The average molecular weight is 282 g/mol. The van der Waals surface area contributed by atoms with Gasteiger partial charge in [0.25, 0.3) is 0 Å². The van der Waals surface area contributed by atoms with Crippen molar-refractivity contribution >= 4 is 22.4 Å². The largest absolute Gasteiger partial charge is 0.345 e. The Labute approximate surface area is 118 Å². The number of nitrogens with two attached hydrogens (primary N) is 1. The van der Waals surface area contributed by atoms with E-state index in [-0.39, 0.29) is 5.91 Å². The Morgan fingerprint density at radius 3 is 2.74 bits per heavy atom. The Morgan fingerprint density at radius 1 is 1.47 bits per heavy atom. The topological polar surface area (TPSA) is 62.5 Å². The molecular weight excluding hydrogens is 260 g/mol. The molecular formula is C13H22N4OS. The smallest absolute Gasteiger partial charge is 0.223 e. The third-order valence-electron chi connectivity index (χ3n) is 3.70. The van der Waals surface area contributed by atoms with Crippen molar-refractivity contribution in [1.82, 2.24) is 9.88 Å². The summed E-state index contributed by atoms with van der Waals surface area (Å²) in [5.74, 6) is 0.570. The van der Waals surface area contributed by atoms with Crippen molar-refractivity contribution in [2.24, 2.45) is 11.7 Å². The van der Waals surface area contributed by atoms with Crippen LogP contribution in [0.15, 0.2) is 11.6 Å². The lowest BCUT2D eigenvalue weighted by Crippen LogP contribution is -2.49. The predicted molar refractivity (Wildman–Crippen MR) is 78.4 cm³/mol. The van der Waals surface area contributed by atoms with Crippen LogP contribution < -0.4 is 10.6 Å². The van der Waals surface area contributed by atoms with Gasteiger partial charge in [0.05, 0.1) is 0 Å². The molecule has 19 heavy (non-hydrogen) atoms. The second kappa shape index (κ2) is 6.86. The number of nitrogens with zero attached hydrogens (tertiary/aromatic N) is 3. The molecule has 2 heterocycles. The minimum absolute atomic E-state index is 0.246. The summed E-state index contributed by atoms with van der Waals surface area (Å²) in [5, 5.41) is 3.04. The van der Waals surface area contributed by atoms with E-state index in [0.717, 1.165) is 37.7 Å². The van der Waals surface area contributed by atoms with Crippen LogP contribution in [0, 0.1) is 5.92 Å². The van der Waals surface area contributed by atoms with Crippen LogP contribution in [0.1, 0.15) is 19.8 Å². The van der Waals surface area contributed by atoms with E-state index in [1.54, 1.807) is 11.3 Å². The Balaban J connectivity index is 1.81. The summed E-state index contributed by atoms with van der Waals surface area (Å²) in [6.07, 6.45) is 3.39. The number of thiazole rings is 1. The molecule has 1 unspecified atom stereocenters. The van der Waals surface area contributed by atoms with Gasteiger partial charge >= 0.3 is 0 Å².